The first-order valence-corrected chi connectivity index (χ1v) is 8.91. The van der Waals surface area contributed by atoms with Gasteiger partial charge in [0.2, 0.25) is 0 Å². The fourth-order valence-corrected chi connectivity index (χ4v) is 2.44. The summed E-state index contributed by atoms with van der Waals surface area (Å²) in [5.41, 5.74) is 0. The highest BCUT2D eigenvalue weighted by Crippen LogP contribution is 2.10. The van der Waals surface area contributed by atoms with Gasteiger partial charge in [-0.05, 0) is 39.0 Å². The highest BCUT2D eigenvalue weighted by molar-refractivity contribution is 5.75. The first-order valence-electron chi connectivity index (χ1n) is 8.91. The number of hydrogen-bond acceptors (Lipinski definition) is 1. The SMILES string of the molecule is CCCCCCCCC/C=C/CCCCCCC(C)=O. The molecule has 0 unspecified atom stereocenters. The predicted octanol–water partition coefficient (Wildman–Crippen LogP) is 6.61. The van der Waals surface area contributed by atoms with Gasteiger partial charge in [-0.25, -0.2) is 0 Å². The molecule has 0 aliphatic heterocycles. The summed E-state index contributed by atoms with van der Waals surface area (Å²) in [7, 11) is 0. The molecule has 0 aromatic heterocycles. The van der Waals surface area contributed by atoms with Crippen molar-refractivity contribution in [3.63, 3.8) is 0 Å². The van der Waals surface area contributed by atoms with Crippen LogP contribution in [-0.2, 0) is 4.79 Å². The zero-order valence-electron chi connectivity index (χ0n) is 14.0. The Labute approximate surface area is 127 Å². The molecule has 0 atom stereocenters. The van der Waals surface area contributed by atoms with Gasteiger partial charge >= 0.3 is 0 Å². The highest BCUT2D eigenvalue weighted by atomic mass is 16.1. The molecule has 0 aromatic rings. The van der Waals surface area contributed by atoms with Gasteiger partial charge in [0.05, 0.1) is 0 Å². The van der Waals surface area contributed by atoms with Crippen molar-refractivity contribution in [2.24, 2.45) is 0 Å². The van der Waals surface area contributed by atoms with Gasteiger partial charge in [-0.2, -0.15) is 0 Å². The van der Waals surface area contributed by atoms with Crippen LogP contribution >= 0.6 is 0 Å². The maximum atomic E-state index is 10.8. The minimum Gasteiger partial charge on any atom is -0.300 e. The van der Waals surface area contributed by atoms with Gasteiger partial charge in [0, 0.05) is 6.42 Å². The van der Waals surface area contributed by atoms with E-state index in [2.05, 4.69) is 19.1 Å². The lowest BCUT2D eigenvalue weighted by Crippen LogP contribution is -1.88. The van der Waals surface area contributed by atoms with Gasteiger partial charge in [-0.1, -0.05) is 70.4 Å². The van der Waals surface area contributed by atoms with Crippen molar-refractivity contribution in [3.05, 3.63) is 12.2 Å². The van der Waals surface area contributed by atoms with Crippen LogP contribution in [0.2, 0.25) is 0 Å². The quantitative estimate of drug-likeness (QED) is 0.243. The minimum atomic E-state index is 0.333. The van der Waals surface area contributed by atoms with E-state index in [0.29, 0.717) is 5.78 Å². The molecule has 1 heteroatoms. The van der Waals surface area contributed by atoms with Crippen LogP contribution < -0.4 is 0 Å². The molecule has 1 nitrogen and oxygen atoms in total. The number of allylic oxidation sites excluding steroid dienone is 2. The number of unbranched alkanes of at least 4 members (excludes halogenated alkanes) is 11. The van der Waals surface area contributed by atoms with Gasteiger partial charge in [-0.3, -0.25) is 0 Å². The molecule has 0 N–H and O–H groups in total. The van der Waals surface area contributed by atoms with Crippen molar-refractivity contribution in [3.8, 4) is 0 Å². The van der Waals surface area contributed by atoms with E-state index < -0.39 is 0 Å². The van der Waals surface area contributed by atoms with Crippen LogP contribution in [0.25, 0.3) is 0 Å². The summed E-state index contributed by atoms with van der Waals surface area (Å²) < 4.78 is 0. The molecule has 0 heterocycles. The normalized spacial score (nSPS) is 11.3. The lowest BCUT2D eigenvalue weighted by molar-refractivity contribution is -0.117. The van der Waals surface area contributed by atoms with Crippen LogP contribution in [0, 0.1) is 0 Å². The molecule has 118 valence electrons. The maximum absolute atomic E-state index is 10.8. The highest BCUT2D eigenvalue weighted by Gasteiger charge is 1.93. The molecule has 0 aliphatic rings. The van der Waals surface area contributed by atoms with E-state index in [1.165, 1.54) is 77.0 Å². The van der Waals surface area contributed by atoms with Gasteiger partial charge < -0.3 is 4.79 Å². The van der Waals surface area contributed by atoms with E-state index in [4.69, 9.17) is 0 Å². The van der Waals surface area contributed by atoms with Crippen LogP contribution in [0.1, 0.15) is 104 Å². The first kappa shape index (κ1) is 19.4. The maximum Gasteiger partial charge on any atom is 0.129 e. The molecule has 20 heavy (non-hydrogen) atoms. The Morgan fingerprint density at radius 3 is 1.65 bits per heavy atom. The van der Waals surface area contributed by atoms with Gasteiger partial charge in [-0.15, -0.1) is 0 Å². The van der Waals surface area contributed by atoms with E-state index in [1.807, 2.05) is 0 Å². The standard InChI is InChI=1S/C19H36O/c1-3-4-5-6-7-8-9-10-11-12-13-14-15-16-17-18-19(2)20/h11-12H,3-10,13-18H2,1-2H3/b12-11+. The molecule has 0 saturated heterocycles. The number of rotatable bonds is 15. The van der Waals surface area contributed by atoms with Crippen LogP contribution in [0.3, 0.4) is 0 Å². The van der Waals surface area contributed by atoms with E-state index in [1.54, 1.807) is 6.92 Å². The zero-order chi connectivity index (χ0) is 14.9. The molecular weight excluding hydrogens is 244 g/mol. The van der Waals surface area contributed by atoms with Crippen molar-refractivity contribution >= 4 is 5.78 Å². The van der Waals surface area contributed by atoms with Crippen molar-refractivity contribution in [1.82, 2.24) is 0 Å². The number of carbonyl (C=O) groups is 1. The summed E-state index contributed by atoms with van der Waals surface area (Å²) in [6.07, 6.45) is 22.6. The number of carbonyl (C=O) groups excluding carboxylic acids is 1. The summed E-state index contributed by atoms with van der Waals surface area (Å²) in [4.78, 5) is 10.8. The monoisotopic (exact) mass is 280 g/mol. The lowest BCUT2D eigenvalue weighted by Gasteiger charge is -1.99. The molecule has 0 spiro atoms. The van der Waals surface area contributed by atoms with Crippen LogP contribution in [0.4, 0.5) is 0 Å². The molecule has 0 fully saturated rings. The third-order valence-corrected chi connectivity index (χ3v) is 3.79. The molecule has 0 rings (SSSR count). The molecule has 0 saturated carbocycles. The van der Waals surface area contributed by atoms with Crippen molar-refractivity contribution in [1.29, 1.82) is 0 Å². The second-order valence-electron chi connectivity index (χ2n) is 6.04. The zero-order valence-corrected chi connectivity index (χ0v) is 14.0. The first-order chi connectivity index (χ1) is 9.77. The molecule has 0 radical (unpaired) electrons. The van der Waals surface area contributed by atoms with Crippen molar-refractivity contribution in [2.45, 2.75) is 104 Å². The fourth-order valence-electron chi connectivity index (χ4n) is 2.44. The average molecular weight is 280 g/mol. The third kappa shape index (κ3) is 17.4. The predicted molar refractivity (Wildman–Crippen MR) is 90.1 cm³/mol. The summed E-state index contributed by atoms with van der Waals surface area (Å²) in [6, 6.07) is 0. The van der Waals surface area contributed by atoms with E-state index >= 15 is 0 Å². The molecule has 0 bridgehead atoms. The second kappa shape index (κ2) is 16.5. The Bertz CT molecular complexity index is 230. The Balaban J connectivity index is 3.07. The Morgan fingerprint density at radius 2 is 1.15 bits per heavy atom. The lowest BCUT2D eigenvalue weighted by atomic mass is 10.1. The Kier molecular flexibility index (Phi) is 16.0. The summed E-state index contributed by atoms with van der Waals surface area (Å²) >= 11 is 0. The summed E-state index contributed by atoms with van der Waals surface area (Å²) in [5, 5.41) is 0. The van der Waals surface area contributed by atoms with E-state index in [-0.39, 0.29) is 0 Å². The van der Waals surface area contributed by atoms with E-state index in [0.717, 1.165) is 12.8 Å². The third-order valence-electron chi connectivity index (χ3n) is 3.79. The van der Waals surface area contributed by atoms with Crippen LogP contribution in [0.15, 0.2) is 12.2 Å². The average Bonchev–Trinajstić information content (AvgIpc) is 2.43. The fraction of sp³-hybridized carbons (Fsp3) is 0.842. The smallest absolute Gasteiger partial charge is 0.129 e. The van der Waals surface area contributed by atoms with Gasteiger partial charge in [0.1, 0.15) is 5.78 Å². The summed E-state index contributed by atoms with van der Waals surface area (Å²) in [5.74, 6) is 0.333. The van der Waals surface area contributed by atoms with E-state index in [9.17, 15) is 4.79 Å². The van der Waals surface area contributed by atoms with Gasteiger partial charge in [0.25, 0.3) is 0 Å². The Morgan fingerprint density at radius 1 is 0.700 bits per heavy atom. The van der Waals surface area contributed by atoms with Crippen LogP contribution in [0.5, 0.6) is 0 Å². The molecule has 0 aromatic carbocycles. The topological polar surface area (TPSA) is 17.1 Å². The minimum absolute atomic E-state index is 0.333. The van der Waals surface area contributed by atoms with Crippen LogP contribution in [-0.4, -0.2) is 5.78 Å². The molecule has 0 amide bonds. The van der Waals surface area contributed by atoms with Crippen molar-refractivity contribution < 1.29 is 4.79 Å². The number of Topliss-reactive ketones (excluding diaryl/α,β-unsaturated/α-hetero) is 1. The largest absolute Gasteiger partial charge is 0.300 e. The summed E-state index contributed by atoms with van der Waals surface area (Å²) in [6.45, 7) is 3.96. The second-order valence-corrected chi connectivity index (χ2v) is 6.04. The molecular formula is C19H36O. The number of ketones is 1. The Hall–Kier alpha value is -0.590. The molecule has 0 aliphatic carbocycles. The number of hydrogen-bond donors (Lipinski definition) is 0. The van der Waals surface area contributed by atoms with Crippen molar-refractivity contribution in [2.75, 3.05) is 0 Å². The van der Waals surface area contributed by atoms with Gasteiger partial charge in [0.15, 0.2) is 0 Å².